The lowest BCUT2D eigenvalue weighted by molar-refractivity contribution is 0.378. The molecule has 0 aromatic heterocycles. The average Bonchev–Trinajstić information content (AvgIpc) is 1.95. The predicted octanol–water partition coefficient (Wildman–Crippen LogP) is -0.300. The third-order valence-corrected chi connectivity index (χ3v) is 2.78. The highest BCUT2D eigenvalue weighted by Crippen LogP contribution is 1.98. The number of rotatable bonds is 6. The highest BCUT2D eigenvalue weighted by Gasteiger charge is 2.07. The van der Waals surface area contributed by atoms with E-state index in [-0.39, 0.29) is 11.8 Å². The van der Waals surface area contributed by atoms with Crippen LogP contribution in [0.4, 0.5) is 0 Å². The Morgan fingerprint density at radius 2 is 1.85 bits per heavy atom. The van der Waals surface area contributed by atoms with Gasteiger partial charge in [-0.3, -0.25) is 0 Å². The molecule has 4 nitrogen and oxygen atoms in total. The van der Waals surface area contributed by atoms with Crippen LogP contribution in [0.5, 0.6) is 0 Å². The predicted molar refractivity (Wildman–Crippen MR) is 55.5 cm³/mol. The summed E-state index contributed by atoms with van der Waals surface area (Å²) in [6.07, 6.45) is 2.65. The van der Waals surface area contributed by atoms with Crippen LogP contribution < -0.4 is 5.73 Å². The van der Waals surface area contributed by atoms with E-state index >= 15 is 0 Å². The molecule has 80 valence electrons. The largest absolute Gasteiger partial charge is 0.328 e. The second-order valence-corrected chi connectivity index (χ2v) is 6.03. The third-order valence-electron chi connectivity index (χ3n) is 1.81. The number of hydrogen-bond donors (Lipinski definition) is 1. The second-order valence-electron chi connectivity index (χ2n) is 3.77. The van der Waals surface area contributed by atoms with Crippen molar-refractivity contribution in [2.75, 3.05) is 32.6 Å². The minimum atomic E-state index is -2.85. The SMILES string of the molecule is CN(C)CCC(N)CCS(C)(=O)=O. The van der Waals surface area contributed by atoms with Crippen molar-refractivity contribution in [2.45, 2.75) is 18.9 Å². The first kappa shape index (κ1) is 12.9. The summed E-state index contributed by atoms with van der Waals surface area (Å²) >= 11 is 0. The van der Waals surface area contributed by atoms with E-state index in [4.69, 9.17) is 5.73 Å². The van der Waals surface area contributed by atoms with Gasteiger partial charge in [-0.15, -0.1) is 0 Å². The molecule has 0 radical (unpaired) electrons. The molecule has 0 bridgehead atoms. The molecule has 0 saturated carbocycles. The maximum Gasteiger partial charge on any atom is 0.147 e. The Bertz CT molecular complexity index is 224. The first-order valence-electron chi connectivity index (χ1n) is 4.39. The van der Waals surface area contributed by atoms with Gasteiger partial charge >= 0.3 is 0 Å². The lowest BCUT2D eigenvalue weighted by Crippen LogP contribution is -2.28. The Kier molecular flexibility index (Phi) is 5.51. The maximum absolute atomic E-state index is 10.8. The molecule has 0 fully saturated rings. The van der Waals surface area contributed by atoms with E-state index in [1.165, 1.54) is 6.26 Å². The van der Waals surface area contributed by atoms with Gasteiger partial charge in [-0.25, -0.2) is 8.42 Å². The van der Waals surface area contributed by atoms with E-state index in [0.717, 1.165) is 13.0 Å². The summed E-state index contributed by atoms with van der Waals surface area (Å²) in [4.78, 5) is 2.04. The molecule has 0 aromatic carbocycles. The summed E-state index contributed by atoms with van der Waals surface area (Å²) in [5.41, 5.74) is 5.74. The van der Waals surface area contributed by atoms with Gasteiger partial charge in [-0.1, -0.05) is 0 Å². The van der Waals surface area contributed by atoms with Crippen LogP contribution in [0.1, 0.15) is 12.8 Å². The smallest absolute Gasteiger partial charge is 0.147 e. The van der Waals surface area contributed by atoms with Gasteiger partial charge in [0.05, 0.1) is 5.75 Å². The Morgan fingerprint density at radius 1 is 1.31 bits per heavy atom. The molecule has 13 heavy (non-hydrogen) atoms. The first-order chi connectivity index (χ1) is 5.81. The van der Waals surface area contributed by atoms with Crippen LogP contribution in [-0.4, -0.2) is 52.0 Å². The molecule has 1 atom stereocenters. The fourth-order valence-electron chi connectivity index (χ4n) is 0.934. The highest BCUT2D eigenvalue weighted by atomic mass is 32.2. The quantitative estimate of drug-likeness (QED) is 0.651. The molecule has 5 heteroatoms. The summed E-state index contributed by atoms with van der Waals surface area (Å²) in [5, 5.41) is 0. The zero-order valence-corrected chi connectivity index (χ0v) is 9.47. The monoisotopic (exact) mass is 208 g/mol. The highest BCUT2D eigenvalue weighted by molar-refractivity contribution is 7.90. The summed E-state index contributed by atoms with van der Waals surface area (Å²) in [6, 6.07) is -0.00266. The summed E-state index contributed by atoms with van der Waals surface area (Å²) in [5.74, 6) is 0.196. The van der Waals surface area contributed by atoms with Crippen LogP contribution >= 0.6 is 0 Å². The number of nitrogens with zero attached hydrogens (tertiary/aromatic N) is 1. The van der Waals surface area contributed by atoms with E-state index in [0.29, 0.717) is 6.42 Å². The lowest BCUT2D eigenvalue weighted by Gasteiger charge is -2.14. The molecule has 0 aromatic rings. The Morgan fingerprint density at radius 3 is 2.23 bits per heavy atom. The van der Waals surface area contributed by atoms with E-state index in [2.05, 4.69) is 0 Å². The van der Waals surface area contributed by atoms with E-state index < -0.39 is 9.84 Å². The van der Waals surface area contributed by atoms with Crippen LogP contribution in [0.15, 0.2) is 0 Å². The molecular formula is C8H20N2O2S. The topological polar surface area (TPSA) is 63.4 Å². The maximum atomic E-state index is 10.8. The minimum Gasteiger partial charge on any atom is -0.328 e. The van der Waals surface area contributed by atoms with Crippen molar-refractivity contribution in [3.8, 4) is 0 Å². The van der Waals surface area contributed by atoms with E-state index in [9.17, 15) is 8.42 Å². The molecule has 0 heterocycles. The van der Waals surface area contributed by atoms with E-state index in [1.54, 1.807) is 0 Å². The molecule has 0 aliphatic rings. The van der Waals surface area contributed by atoms with Crippen LogP contribution in [0, 0.1) is 0 Å². The van der Waals surface area contributed by atoms with Crippen LogP contribution in [-0.2, 0) is 9.84 Å². The zero-order valence-electron chi connectivity index (χ0n) is 8.66. The van der Waals surface area contributed by atoms with Crippen molar-refractivity contribution in [3.05, 3.63) is 0 Å². The molecule has 0 rings (SSSR count). The molecule has 0 aliphatic heterocycles. The molecule has 0 aliphatic carbocycles. The lowest BCUT2D eigenvalue weighted by atomic mass is 10.2. The van der Waals surface area contributed by atoms with Gasteiger partial charge in [0.25, 0.3) is 0 Å². The third kappa shape index (κ3) is 9.79. The van der Waals surface area contributed by atoms with Crippen LogP contribution in [0.25, 0.3) is 0 Å². The molecule has 0 amide bonds. The molecule has 0 spiro atoms. The van der Waals surface area contributed by atoms with Gasteiger partial charge in [-0.2, -0.15) is 0 Å². The summed E-state index contributed by atoms with van der Waals surface area (Å²) in [7, 11) is 1.10. The Balaban J connectivity index is 3.58. The molecule has 0 saturated heterocycles. The number of hydrogen-bond acceptors (Lipinski definition) is 4. The fourth-order valence-corrected chi connectivity index (χ4v) is 1.66. The first-order valence-corrected chi connectivity index (χ1v) is 6.45. The van der Waals surface area contributed by atoms with Crippen molar-refractivity contribution < 1.29 is 8.42 Å². The Labute approximate surface area is 81.0 Å². The molecule has 1 unspecified atom stereocenters. The van der Waals surface area contributed by atoms with E-state index in [1.807, 2.05) is 19.0 Å². The molecular weight excluding hydrogens is 188 g/mol. The van der Waals surface area contributed by atoms with Gasteiger partial charge in [0.2, 0.25) is 0 Å². The van der Waals surface area contributed by atoms with Crippen molar-refractivity contribution >= 4 is 9.84 Å². The van der Waals surface area contributed by atoms with Gasteiger partial charge in [0.15, 0.2) is 0 Å². The standard InChI is InChI=1S/C8H20N2O2S/c1-10(2)6-4-8(9)5-7-13(3,11)12/h8H,4-7,9H2,1-3H3. The average molecular weight is 208 g/mol. The van der Waals surface area contributed by atoms with Crippen LogP contribution in [0.3, 0.4) is 0 Å². The van der Waals surface area contributed by atoms with Crippen LogP contribution in [0.2, 0.25) is 0 Å². The fraction of sp³-hybridized carbons (Fsp3) is 1.00. The van der Waals surface area contributed by atoms with Crippen molar-refractivity contribution in [1.29, 1.82) is 0 Å². The van der Waals surface area contributed by atoms with Gasteiger partial charge in [0, 0.05) is 12.3 Å². The Hall–Kier alpha value is -0.130. The summed E-state index contributed by atoms with van der Waals surface area (Å²) < 4.78 is 21.6. The van der Waals surface area contributed by atoms with Gasteiger partial charge < -0.3 is 10.6 Å². The van der Waals surface area contributed by atoms with Crippen molar-refractivity contribution in [1.82, 2.24) is 4.90 Å². The van der Waals surface area contributed by atoms with Gasteiger partial charge in [-0.05, 0) is 33.5 Å². The normalized spacial score (nSPS) is 14.8. The minimum absolute atomic E-state index is 0.00266. The second kappa shape index (κ2) is 5.57. The van der Waals surface area contributed by atoms with Crippen molar-refractivity contribution in [3.63, 3.8) is 0 Å². The number of sulfone groups is 1. The van der Waals surface area contributed by atoms with Gasteiger partial charge in [0.1, 0.15) is 9.84 Å². The number of nitrogens with two attached hydrogens (primary N) is 1. The zero-order chi connectivity index (χ0) is 10.5. The summed E-state index contributed by atoms with van der Waals surface area (Å²) in [6.45, 7) is 0.908. The van der Waals surface area contributed by atoms with Crippen molar-refractivity contribution in [2.24, 2.45) is 5.73 Å². The molecule has 2 N–H and O–H groups in total.